The average molecular weight is 570 g/mol. The van der Waals surface area contributed by atoms with Crippen LogP contribution < -0.4 is 0 Å². The minimum absolute atomic E-state index is 0.0742. The Bertz CT molecular complexity index is 1090. The van der Waals surface area contributed by atoms with E-state index < -0.39 is 0 Å². The molecule has 0 saturated heterocycles. The maximum absolute atomic E-state index is 6.39. The molecule has 2 aromatic rings. The molecular formula is C34H55N3O4. The van der Waals surface area contributed by atoms with Gasteiger partial charge in [0.15, 0.2) is 12.1 Å². The Morgan fingerprint density at radius 3 is 2.10 bits per heavy atom. The maximum Gasteiger partial charge on any atom is 0.240 e. The second kappa shape index (κ2) is 17.4. The monoisotopic (exact) mass is 569 g/mol. The highest BCUT2D eigenvalue weighted by Crippen LogP contribution is 2.45. The second-order valence-electron chi connectivity index (χ2n) is 11.3. The molecule has 230 valence electrons. The van der Waals surface area contributed by atoms with E-state index in [2.05, 4.69) is 81.9 Å². The summed E-state index contributed by atoms with van der Waals surface area (Å²) in [6.45, 7) is 30.7. The molecule has 0 amide bonds. The van der Waals surface area contributed by atoms with Gasteiger partial charge in [-0.15, -0.1) is 0 Å². The lowest BCUT2D eigenvalue weighted by atomic mass is 9.96. The highest BCUT2D eigenvalue weighted by Gasteiger charge is 2.50. The summed E-state index contributed by atoms with van der Waals surface area (Å²) in [7, 11) is 1.67. The van der Waals surface area contributed by atoms with Gasteiger partial charge in [-0.25, -0.2) is 0 Å². The van der Waals surface area contributed by atoms with Crippen molar-refractivity contribution in [1.82, 2.24) is 15.0 Å². The van der Waals surface area contributed by atoms with E-state index in [4.69, 9.17) is 18.7 Å². The van der Waals surface area contributed by atoms with Gasteiger partial charge in [-0.1, -0.05) is 83.3 Å². The van der Waals surface area contributed by atoms with Gasteiger partial charge in [0.2, 0.25) is 5.89 Å². The normalized spacial score (nSPS) is 14.9. The van der Waals surface area contributed by atoms with E-state index in [1.54, 1.807) is 13.2 Å². The zero-order valence-electron chi connectivity index (χ0n) is 27.6. The van der Waals surface area contributed by atoms with Gasteiger partial charge in [-0.2, -0.15) is 4.98 Å². The van der Waals surface area contributed by atoms with E-state index in [0.717, 1.165) is 25.0 Å². The molecule has 1 aliphatic rings. The van der Waals surface area contributed by atoms with E-state index >= 15 is 0 Å². The van der Waals surface area contributed by atoms with Crippen LogP contribution in [-0.4, -0.2) is 47.4 Å². The van der Waals surface area contributed by atoms with Gasteiger partial charge in [0, 0.05) is 25.7 Å². The molecule has 7 nitrogen and oxygen atoms in total. The first-order valence-electron chi connectivity index (χ1n) is 14.7. The molecule has 3 rings (SSSR count). The molecule has 1 aromatic carbocycles. The van der Waals surface area contributed by atoms with Gasteiger partial charge in [0.25, 0.3) is 0 Å². The van der Waals surface area contributed by atoms with Crippen LogP contribution >= 0.6 is 0 Å². The summed E-state index contributed by atoms with van der Waals surface area (Å²) in [6.07, 6.45) is 7.37. The van der Waals surface area contributed by atoms with Gasteiger partial charge in [-0.3, -0.25) is 4.90 Å². The number of nitrogens with zero attached hydrogens (tertiary/aromatic N) is 3. The molecule has 1 unspecified atom stereocenters. The molecule has 0 radical (unpaired) electrons. The van der Waals surface area contributed by atoms with Crippen molar-refractivity contribution >= 4 is 0 Å². The van der Waals surface area contributed by atoms with Crippen molar-refractivity contribution in [2.24, 2.45) is 5.41 Å². The highest BCUT2D eigenvalue weighted by atomic mass is 16.7. The SMILES string of the molecule is C=C/C=C(\C=C)COC1(N(Cc2cc(C)c(C)c(C)c2)Cc2nc(C)no2)CC1.CC.CCOC(OC)C(C)(C)C. The maximum atomic E-state index is 6.39. The zero-order chi connectivity index (χ0) is 31.2. The molecular weight excluding hydrogens is 514 g/mol. The quantitative estimate of drug-likeness (QED) is 0.178. The Labute approximate surface area is 249 Å². The van der Waals surface area contributed by atoms with Crippen molar-refractivity contribution in [1.29, 1.82) is 0 Å². The largest absolute Gasteiger partial charge is 0.356 e. The number of rotatable bonds is 13. The summed E-state index contributed by atoms with van der Waals surface area (Å²) in [5.74, 6) is 1.26. The van der Waals surface area contributed by atoms with E-state index in [0.29, 0.717) is 31.5 Å². The number of benzene rings is 1. The van der Waals surface area contributed by atoms with Crippen LogP contribution in [0.2, 0.25) is 0 Å². The molecule has 0 spiro atoms. The van der Waals surface area contributed by atoms with Crippen molar-refractivity contribution in [3.8, 4) is 0 Å². The fraction of sp³-hybridized carbons (Fsp3) is 0.588. The van der Waals surface area contributed by atoms with E-state index in [-0.39, 0.29) is 17.4 Å². The highest BCUT2D eigenvalue weighted by molar-refractivity contribution is 5.37. The Morgan fingerprint density at radius 1 is 1.10 bits per heavy atom. The Kier molecular flexibility index (Phi) is 15.5. The molecule has 1 heterocycles. The third-order valence-corrected chi connectivity index (χ3v) is 6.85. The standard InChI is InChI=1S/C24H31N3O2.C8H18O2.C2H6/c1-7-9-21(8-2)16-28-24(10-11-24)27(15-23-25-20(6)26-29-23)14-22-12-17(3)19(5)18(4)13-22;1-6-10-7(9-5)8(2,3)4;1-2/h7-9,12-13H,1-2,10-11,14-16H2,3-6H3;7H,6H2,1-5H3;1-2H3/b21-9+;;. The number of hydrogen-bond donors (Lipinski definition) is 0. The first-order chi connectivity index (χ1) is 19.4. The Morgan fingerprint density at radius 2 is 1.71 bits per heavy atom. The lowest BCUT2D eigenvalue weighted by Crippen LogP contribution is -2.39. The van der Waals surface area contributed by atoms with Gasteiger partial charge in [0.1, 0.15) is 5.72 Å². The van der Waals surface area contributed by atoms with Crippen molar-refractivity contribution in [2.75, 3.05) is 20.3 Å². The molecule has 1 saturated carbocycles. The van der Waals surface area contributed by atoms with Crippen LogP contribution in [0.4, 0.5) is 0 Å². The molecule has 1 fully saturated rings. The summed E-state index contributed by atoms with van der Waals surface area (Å²) < 4.78 is 22.3. The molecule has 0 N–H and O–H groups in total. The minimum atomic E-state index is -0.321. The third-order valence-electron chi connectivity index (χ3n) is 6.85. The van der Waals surface area contributed by atoms with Crippen molar-refractivity contribution < 1.29 is 18.7 Å². The predicted molar refractivity (Wildman–Crippen MR) is 169 cm³/mol. The molecule has 41 heavy (non-hydrogen) atoms. The summed E-state index contributed by atoms with van der Waals surface area (Å²) >= 11 is 0. The van der Waals surface area contributed by atoms with E-state index in [1.165, 1.54) is 22.3 Å². The first-order valence-corrected chi connectivity index (χ1v) is 14.7. The second-order valence-corrected chi connectivity index (χ2v) is 11.3. The third kappa shape index (κ3) is 11.7. The van der Waals surface area contributed by atoms with Crippen LogP contribution in [0.5, 0.6) is 0 Å². The molecule has 1 atom stereocenters. The topological polar surface area (TPSA) is 69.9 Å². The minimum Gasteiger partial charge on any atom is -0.356 e. The number of methoxy groups -OCH3 is 1. The van der Waals surface area contributed by atoms with Crippen LogP contribution in [0.3, 0.4) is 0 Å². The predicted octanol–water partition coefficient (Wildman–Crippen LogP) is 8.18. The number of aryl methyl sites for hydroxylation is 3. The van der Waals surface area contributed by atoms with Gasteiger partial charge < -0.3 is 18.7 Å². The fourth-order valence-corrected chi connectivity index (χ4v) is 4.37. The molecule has 0 bridgehead atoms. The Balaban J connectivity index is 0.000000594. The number of aromatic nitrogens is 2. The van der Waals surface area contributed by atoms with Gasteiger partial charge in [0.05, 0.1) is 13.2 Å². The van der Waals surface area contributed by atoms with Crippen molar-refractivity contribution in [3.63, 3.8) is 0 Å². The average Bonchev–Trinajstić information content (AvgIpc) is 3.62. The lowest BCUT2D eigenvalue weighted by Gasteiger charge is -2.31. The molecule has 7 heteroatoms. The van der Waals surface area contributed by atoms with Gasteiger partial charge >= 0.3 is 0 Å². The summed E-state index contributed by atoms with van der Waals surface area (Å²) in [5.41, 5.74) is 5.99. The summed E-state index contributed by atoms with van der Waals surface area (Å²) in [5, 5.41) is 3.94. The smallest absolute Gasteiger partial charge is 0.240 e. The van der Waals surface area contributed by atoms with Crippen LogP contribution in [0.1, 0.15) is 88.4 Å². The van der Waals surface area contributed by atoms with Crippen molar-refractivity contribution in [2.45, 2.75) is 107 Å². The summed E-state index contributed by atoms with van der Waals surface area (Å²) in [4.78, 5) is 6.73. The zero-order valence-corrected chi connectivity index (χ0v) is 27.6. The molecule has 1 aromatic heterocycles. The fourth-order valence-electron chi connectivity index (χ4n) is 4.37. The van der Waals surface area contributed by atoms with Crippen LogP contribution in [0, 0.1) is 33.1 Å². The molecule has 1 aliphatic carbocycles. The first kappa shape index (κ1) is 36.4. The lowest BCUT2D eigenvalue weighted by molar-refractivity contribution is -0.175. The molecule has 0 aliphatic heterocycles. The Hall–Kier alpha value is -2.58. The number of hydrogen-bond acceptors (Lipinski definition) is 7. The number of ether oxygens (including phenoxy) is 3. The van der Waals surface area contributed by atoms with Crippen LogP contribution in [0.25, 0.3) is 0 Å². The summed E-state index contributed by atoms with van der Waals surface area (Å²) in [6, 6.07) is 4.52. The van der Waals surface area contributed by atoms with Crippen molar-refractivity contribution in [3.05, 3.63) is 83.1 Å². The van der Waals surface area contributed by atoms with Crippen LogP contribution in [0.15, 0.2) is 53.6 Å². The van der Waals surface area contributed by atoms with E-state index in [1.807, 2.05) is 39.8 Å². The van der Waals surface area contributed by atoms with Gasteiger partial charge in [-0.05, 0) is 75.3 Å². The number of allylic oxidation sites excluding steroid dienone is 2. The van der Waals surface area contributed by atoms with Crippen LogP contribution in [-0.2, 0) is 27.3 Å². The van der Waals surface area contributed by atoms with E-state index in [9.17, 15) is 0 Å².